The molecule has 0 aliphatic heterocycles. The number of nitro groups is 1. The number of hydrogen-bond acceptors (Lipinski definition) is 5. The van der Waals surface area contributed by atoms with Gasteiger partial charge in [0.25, 0.3) is 5.69 Å². The molecule has 0 aliphatic rings. The van der Waals surface area contributed by atoms with Crippen LogP contribution >= 0.6 is 23.2 Å². The Hall–Kier alpha value is -3.03. The lowest BCUT2D eigenvalue weighted by molar-refractivity contribution is -0.384. The number of aromatic nitrogens is 1. The third-order valence-electron chi connectivity index (χ3n) is 4.70. The molecule has 0 amide bonds. The van der Waals surface area contributed by atoms with E-state index >= 15 is 0 Å². The first-order valence-electron chi connectivity index (χ1n) is 9.04. The Bertz CT molecular complexity index is 1110. The molecule has 30 heavy (non-hydrogen) atoms. The molecule has 0 saturated carbocycles. The van der Waals surface area contributed by atoms with Gasteiger partial charge in [0, 0.05) is 38.6 Å². The van der Waals surface area contributed by atoms with E-state index in [0.29, 0.717) is 28.0 Å². The number of nitro benzene ring substituents is 1. The Morgan fingerprint density at radius 1 is 1.20 bits per heavy atom. The Morgan fingerprint density at radius 2 is 1.90 bits per heavy atom. The minimum absolute atomic E-state index is 0.0257. The largest absolute Gasteiger partial charge is 0.494 e. The van der Waals surface area contributed by atoms with Gasteiger partial charge >= 0.3 is 0 Å². The van der Waals surface area contributed by atoms with Crippen LogP contribution in [0.4, 0.5) is 5.69 Å². The van der Waals surface area contributed by atoms with Gasteiger partial charge in [0.05, 0.1) is 36.5 Å². The molecule has 1 heterocycles. The number of non-ortho nitro benzene ring substituents is 1. The second-order valence-electron chi connectivity index (χ2n) is 6.57. The van der Waals surface area contributed by atoms with E-state index < -0.39 is 4.92 Å². The summed E-state index contributed by atoms with van der Waals surface area (Å²) in [6, 6.07) is 11.9. The molecule has 0 spiro atoms. The van der Waals surface area contributed by atoms with Crippen LogP contribution in [0.15, 0.2) is 47.6 Å². The SMILES string of the molecule is COc1cc([N+](=O)[O-])ccc1-n1c(C)cc(/C=N/NCc2c(Cl)cccc2Cl)c1C. The van der Waals surface area contributed by atoms with Crippen LogP contribution < -0.4 is 10.2 Å². The third-order valence-corrected chi connectivity index (χ3v) is 5.41. The fourth-order valence-electron chi connectivity index (χ4n) is 3.19. The van der Waals surface area contributed by atoms with E-state index in [1.165, 1.54) is 19.2 Å². The van der Waals surface area contributed by atoms with Gasteiger partial charge in [-0.1, -0.05) is 29.3 Å². The van der Waals surface area contributed by atoms with E-state index in [9.17, 15) is 10.1 Å². The summed E-state index contributed by atoms with van der Waals surface area (Å²) in [5, 5.41) is 16.5. The summed E-state index contributed by atoms with van der Waals surface area (Å²) < 4.78 is 7.35. The van der Waals surface area contributed by atoms with Crippen LogP contribution in [0.1, 0.15) is 22.5 Å². The fraction of sp³-hybridized carbons (Fsp3) is 0.190. The number of nitrogens with one attached hydrogen (secondary N) is 1. The van der Waals surface area contributed by atoms with Gasteiger partial charge in [0.1, 0.15) is 5.75 Å². The monoisotopic (exact) mass is 446 g/mol. The van der Waals surface area contributed by atoms with Crippen molar-refractivity contribution in [1.82, 2.24) is 9.99 Å². The third kappa shape index (κ3) is 4.42. The van der Waals surface area contributed by atoms with Crippen molar-refractivity contribution in [3.63, 3.8) is 0 Å². The van der Waals surface area contributed by atoms with Crippen molar-refractivity contribution in [2.24, 2.45) is 5.10 Å². The highest BCUT2D eigenvalue weighted by Crippen LogP contribution is 2.31. The molecule has 0 fully saturated rings. The summed E-state index contributed by atoms with van der Waals surface area (Å²) >= 11 is 12.3. The molecule has 2 aromatic carbocycles. The lowest BCUT2D eigenvalue weighted by Gasteiger charge is -2.13. The number of nitrogens with zero attached hydrogens (tertiary/aromatic N) is 3. The van der Waals surface area contributed by atoms with E-state index in [-0.39, 0.29) is 5.69 Å². The first-order valence-corrected chi connectivity index (χ1v) is 9.79. The number of methoxy groups -OCH3 is 1. The van der Waals surface area contributed by atoms with E-state index in [1.54, 1.807) is 30.5 Å². The minimum Gasteiger partial charge on any atom is -0.494 e. The average molecular weight is 447 g/mol. The Labute approximate surface area is 184 Å². The normalized spacial score (nSPS) is 11.1. The maximum atomic E-state index is 11.0. The smallest absolute Gasteiger partial charge is 0.273 e. The fourth-order valence-corrected chi connectivity index (χ4v) is 3.73. The lowest BCUT2D eigenvalue weighted by Crippen LogP contribution is -2.07. The molecule has 1 aromatic heterocycles. The van der Waals surface area contributed by atoms with Crippen LogP contribution in [0, 0.1) is 24.0 Å². The zero-order valence-electron chi connectivity index (χ0n) is 16.6. The van der Waals surface area contributed by atoms with Gasteiger partial charge in [0.2, 0.25) is 0 Å². The van der Waals surface area contributed by atoms with Crippen molar-refractivity contribution >= 4 is 35.1 Å². The van der Waals surface area contributed by atoms with Gasteiger partial charge in [-0.05, 0) is 38.1 Å². The second-order valence-corrected chi connectivity index (χ2v) is 7.38. The molecule has 0 aliphatic carbocycles. The van der Waals surface area contributed by atoms with Gasteiger partial charge in [-0.3, -0.25) is 10.1 Å². The zero-order valence-corrected chi connectivity index (χ0v) is 18.2. The van der Waals surface area contributed by atoms with Crippen LogP contribution in [-0.4, -0.2) is 22.8 Å². The highest BCUT2D eigenvalue weighted by molar-refractivity contribution is 6.35. The topological polar surface area (TPSA) is 81.7 Å². The number of ether oxygens (including phenoxy) is 1. The van der Waals surface area contributed by atoms with Gasteiger partial charge in [-0.15, -0.1) is 0 Å². The number of benzene rings is 2. The molecule has 7 nitrogen and oxygen atoms in total. The molecular weight excluding hydrogens is 427 g/mol. The standard InChI is InChI=1S/C21H20Cl2N4O3/c1-13-9-15(11-24-25-12-17-18(22)5-4-6-19(17)23)14(2)26(13)20-8-7-16(27(28)29)10-21(20)30-3/h4-11,25H,12H2,1-3H3/b24-11+. The van der Waals surface area contributed by atoms with Crippen molar-refractivity contribution in [2.45, 2.75) is 20.4 Å². The summed E-state index contributed by atoms with van der Waals surface area (Å²) in [6.45, 7) is 4.28. The molecule has 3 aromatic rings. The number of aryl methyl sites for hydroxylation is 1. The predicted molar refractivity (Wildman–Crippen MR) is 119 cm³/mol. The van der Waals surface area contributed by atoms with Crippen molar-refractivity contribution in [3.8, 4) is 11.4 Å². The van der Waals surface area contributed by atoms with Gasteiger partial charge in [-0.2, -0.15) is 5.10 Å². The Kier molecular flexibility index (Phi) is 6.64. The number of hydrazone groups is 1. The Balaban J connectivity index is 1.84. The minimum atomic E-state index is -0.448. The zero-order chi connectivity index (χ0) is 21.8. The molecule has 3 rings (SSSR count). The predicted octanol–water partition coefficient (Wildman–Crippen LogP) is 5.44. The first kappa shape index (κ1) is 21.7. The van der Waals surface area contributed by atoms with Crippen LogP contribution in [0.5, 0.6) is 5.75 Å². The Morgan fingerprint density at radius 3 is 2.53 bits per heavy atom. The summed E-state index contributed by atoms with van der Waals surface area (Å²) in [4.78, 5) is 10.6. The highest BCUT2D eigenvalue weighted by atomic mass is 35.5. The lowest BCUT2D eigenvalue weighted by atomic mass is 10.2. The maximum Gasteiger partial charge on any atom is 0.273 e. The van der Waals surface area contributed by atoms with Gasteiger partial charge < -0.3 is 14.7 Å². The quantitative estimate of drug-likeness (QED) is 0.297. The van der Waals surface area contributed by atoms with Crippen molar-refractivity contribution in [3.05, 3.63) is 85.1 Å². The van der Waals surface area contributed by atoms with Crippen LogP contribution in [0.25, 0.3) is 5.69 Å². The molecule has 0 radical (unpaired) electrons. The first-order chi connectivity index (χ1) is 14.3. The summed E-state index contributed by atoms with van der Waals surface area (Å²) in [7, 11) is 1.49. The van der Waals surface area contributed by atoms with Crippen LogP contribution in [-0.2, 0) is 6.54 Å². The number of rotatable bonds is 7. The number of halogens is 2. The van der Waals surface area contributed by atoms with Crippen molar-refractivity contribution in [2.75, 3.05) is 7.11 Å². The summed E-state index contributed by atoms with van der Waals surface area (Å²) in [5.74, 6) is 0.418. The summed E-state index contributed by atoms with van der Waals surface area (Å²) in [5.41, 5.74) is 7.18. The molecule has 156 valence electrons. The second kappa shape index (κ2) is 9.19. The van der Waals surface area contributed by atoms with E-state index in [0.717, 1.165) is 22.5 Å². The molecular formula is C21H20Cl2N4O3. The van der Waals surface area contributed by atoms with E-state index in [4.69, 9.17) is 27.9 Å². The van der Waals surface area contributed by atoms with Gasteiger partial charge in [-0.25, -0.2) is 0 Å². The molecule has 0 saturated heterocycles. The molecule has 0 atom stereocenters. The number of hydrogen-bond donors (Lipinski definition) is 1. The highest BCUT2D eigenvalue weighted by Gasteiger charge is 2.17. The molecule has 1 N–H and O–H groups in total. The van der Waals surface area contributed by atoms with Crippen molar-refractivity contribution < 1.29 is 9.66 Å². The van der Waals surface area contributed by atoms with Crippen LogP contribution in [0.3, 0.4) is 0 Å². The summed E-state index contributed by atoms with van der Waals surface area (Å²) in [6.07, 6.45) is 1.71. The average Bonchev–Trinajstić information content (AvgIpc) is 2.99. The molecule has 9 heteroatoms. The maximum absolute atomic E-state index is 11.0. The molecule has 0 unspecified atom stereocenters. The van der Waals surface area contributed by atoms with Gasteiger partial charge in [0.15, 0.2) is 0 Å². The van der Waals surface area contributed by atoms with E-state index in [2.05, 4.69) is 10.5 Å². The van der Waals surface area contributed by atoms with Crippen LogP contribution in [0.2, 0.25) is 10.0 Å². The van der Waals surface area contributed by atoms with E-state index in [1.807, 2.05) is 24.5 Å². The molecule has 0 bridgehead atoms. The van der Waals surface area contributed by atoms with Crippen molar-refractivity contribution in [1.29, 1.82) is 0 Å².